The highest BCUT2D eigenvalue weighted by molar-refractivity contribution is 9.10. The minimum atomic E-state index is 0.152. The van der Waals surface area contributed by atoms with E-state index in [9.17, 15) is 0 Å². The van der Waals surface area contributed by atoms with Crippen LogP contribution in [0.1, 0.15) is 52.5 Å². The molecule has 0 bridgehead atoms. The van der Waals surface area contributed by atoms with Crippen molar-refractivity contribution in [3.8, 4) is 0 Å². The summed E-state index contributed by atoms with van der Waals surface area (Å²) in [4.78, 5) is 2.60. The van der Waals surface area contributed by atoms with Gasteiger partial charge in [-0.25, -0.2) is 0 Å². The van der Waals surface area contributed by atoms with Crippen molar-refractivity contribution in [3.05, 3.63) is 28.2 Å². The second-order valence-corrected chi connectivity index (χ2v) is 7.69. The standard InChI is InChI=1S/C17H27BrN2/c1-5-15-7-6-10-20(15)16-11-14(18)9-8-13(16)12-19-17(2,3)4/h8-9,11,15,19H,5-7,10,12H2,1-4H3. The second-order valence-electron chi connectivity index (χ2n) is 6.77. The van der Waals surface area contributed by atoms with Crippen molar-refractivity contribution in [2.75, 3.05) is 11.4 Å². The van der Waals surface area contributed by atoms with Crippen molar-refractivity contribution >= 4 is 21.6 Å². The van der Waals surface area contributed by atoms with E-state index in [0.717, 1.165) is 6.54 Å². The van der Waals surface area contributed by atoms with Gasteiger partial charge in [0.25, 0.3) is 0 Å². The van der Waals surface area contributed by atoms with Crippen LogP contribution in [0, 0.1) is 0 Å². The molecule has 2 nitrogen and oxygen atoms in total. The first-order valence-corrected chi connectivity index (χ1v) is 8.50. The fourth-order valence-corrected chi connectivity index (χ4v) is 3.24. The molecular weight excluding hydrogens is 312 g/mol. The molecule has 0 amide bonds. The Kier molecular flexibility index (Phi) is 5.14. The summed E-state index contributed by atoms with van der Waals surface area (Å²) in [6.07, 6.45) is 3.88. The van der Waals surface area contributed by atoms with Gasteiger partial charge in [-0.05, 0) is 57.7 Å². The van der Waals surface area contributed by atoms with E-state index in [-0.39, 0.29) is 5.54 Å². The summed E-state index contributed by atoms with van der Waals surface area (Å²) in [6, 6.07) is 7.40. The van der Waals surface area contributed by atoms with Gasteiger partial charge in [-0.15, -0.1) is 0 Å². The zero-order valence-electron chi connectivity index (χ0n) is 13.2. The number of nitrogens with one attached hydrogen (secondary N) is 1. The summed E-state index contributed by atoms with van der Waals surface area (Å²) in [7, 11) is 0. The van der Waals surface area contributed by atoms with Crippen molar-refractivity contribution in [1.29, 1.82) is 0 Å². The lowest BCUT2D eigenvalue weighted by Gasteiger charge is -2.30. The minimum Gasteiger partial charge on any atom is -0.368 e. The molecule has 2 rings (SSSR count). The molecule has 1 saturated heterocycles. The van der Waals surface area contributed by atoms with Crippen LogP contribution in [0.25, 0.3) is 0 Å². The van der Waals surface area contributed by atoms with Crippen LogP contribution in [0.5, 0.6) is 0 Å². The molecule has 1 aromatic rings. The Balaban J connectivity index is 2.24. The maximum atomic E-state index is 3.63. The molecule has 0 spiro atoms. The first kappa shape index (κ1) is 15.8. The van der Waals surface area contributed by atoms with E-state index >= 15 is 0 Å². The Morgan fingerprint density at radius 1 is 1.35 bits per heavy atom. The summed E-state index contributed by atoms with van der Waals surface area (Å²) in [5.74, 6) is 0. The number of hydrogen-bond acceptors (Lipinski definition) is 2. The Bertz CT molecular complexity index is 451. The lowest BCUT2D eigenvalue weighted by atomic mass is 10.1. The van der Waals surface area contributed by atoms with Gasteiger partial charge in [0.15, 0.2) is 0 Å². The molecule has 1 aliphatic heterocycles. The van der Waals surface area contributed by atoms with Crippen LogP contribution in [-0.4, -0.2) is 18.1 Å². The number of benzene rings is 1. The largest absolute Gasteiger partial charge is 0.368 e. The van der Waals surface area contributed by atoms with Crippen LogP contribution < -0.4 is 10.2 Å². The summed E-state index contributed by atoms with van der Waals surface area (Å²) in [6.45, 7) is 11.1. The zero-order valence-corrected chi connectivity index (χ0v) is 14.8. The van der Waals surface area contributed by atoms with Gasteiger partial charge < -0.3 is 10.2 Å². The molecule has 0 aromatic heterocycles. The fourth-order valence-electron chi connectivity index (χ4n) is 2.89. The van der Waals surface area contributed by atoms with E-state index in [4.69, 9.17) is 0 Å². The lowest BCUT2D eigenvalue weighted by molar-refractivity contribution is 0.424. The van der Waals surface area contributed by atoms with Crippen molar-refractivity contribution in [2.45, 2.75) is 65.1 Å². The van der Waals surface area contributed by atoms with Crippen molar-refractivity contribution in [1.82, 2.24) is 5.32 Å². The van der Waals surface area contributed by atoms with Crippen LogP contribution in [-0.2, 0) is 6.54 Å². The minimum absolute atomic E-state index is 0.152. The van der Waals surface area contributed by atoms with E-state index in [1.807, 2.05) is 0 Å². The van der Waals surface area contributed by atoms with Gasteiger partial charge in [-0.1, -0.05) is 28.9 Å². The normalized spacial score (nSPS) is 19.6. The van der Waals surface area contributed by atoms with Crippen molar-refractivity contribution < 1.29 is 0 Å². The molecule has 1 heterocycles. The van der Waals surface area contributed by atoms with Gasteiger partial charge in [0.1, 0.15) is 0 Å². The number of hydrogen-bond donors (Lipinski definition) is 1. The molecule has 0 aliphatic carbocycles. The number of nitrogens with zero attached hydrogens (tertiary/aromatic N) is 1. The summed E-state index contributed by atoms with van der Waals surface area (Å²) < 4.78 is 1.17. The fraction of sp³-hybridized carbons (Fsp3) is 0.647. The topological polar surface area (TPSA) is 15.3 Å². The number of anilines is 1. The Morgan fingerprint density at radius 3 is 2.75 bits per heavy atom. The molecule has 3 heteroatoms. The quantitative estimate of drug-likeness (QED) is 0.854. The van der Waals surface area contributed by atoms with E-state index in [1.165, 1.54) is 41.5 Å². The smallest absolute Gasteiger partial charge is 0.0425 e. The summed E-state index contributed by atoms with van der Waals surface area (Å²) >= 11 is 3.63. The van der Waals surface area contributed by atoms with Gasteiger partial charge in [0, 0.05) is 34.8 Å². The van der Waals surface area contributed by atoms with Crippen LogP contribution in [0.3, 0.4) is 0 Å². The zero-order chi connectivity index (χ0) is 14.8. The van der Waals surface area contributed by atoms with E-state index < -0.39 is 0 Å². The van der Waals surface area contributed by atoms with Gasteiger partial charge >= 0.3 is 0 Å². The average molecular weight is 339 g/mol. The van der Waals surface area contributed by atoms with E-state index in [0.29, 0.717) is 6.04 Å². The molecule has 112 valence electrons. The third-order valence-corrected chi connectivity index (χ3v) is 4.51. The number of halogens is 1. The predicted octanol–water partition coefficient (Wildman–Crippen LogP) is 4.72. The molecule has 1 N–H and O–H groups in total. The van der Waals surface area contributed by atoms with Gasteiger partial charge in [-0.2, -0.15) is 0 Å². The molecular formula is C17H27BrN2. The highest BCUT2D eigenvalue weighted by Gasteiger charge is 2.25. The molecule has 1 aromatic carbocycles. The number of rotatable bonds is 4. The highest BCUT2D eigenvalue weighted by Crippen LogP contribution is 2.32. The van der Waals surface area contributed by atoms with Gasteiger partial charge in [0.05, 0.1) is 0 Å². The monoisotopic (exact) mass is 338 g/mol. The first-order valence-electron chi connectivity index (χ1n) is 7.71. The molecule has 1 atom stereocenters. The summed E-state index contributed by atoms with van der Waals surface area (Å²) in [5, 5.41) is 3.61. The van der Waals surface area contributed by atoms with E-state index in [2.05, 4.69) is 72.0 Å². The maximum absolute atomic E-state index is 3.63. The highest BCUT2D eigenvalue weighted by atomic mass is 79.9. The van der Waals surface area contributed by atoms with Crippen LogP contribution in [0.4, 0.5) is 5.69 Å². The first-order chi connectivity index (χ1) is 9.40. The Morgan fingerprint density at radius 2 is 2.10 bits per heavy atom. The van der Waals surface area contributed by atoms with Gasteiger partial charge in [0.2, 0.25) is 0 Å². The van der Waals surface area contributed by atoms with Crippen LogP contribution >= 0.6 is 15.9 Å². The predicted molar refractivity (Wildman–Crippen MR) is 91.4 cm³/mol. The SMILES string of the molecule is CCC1CCCN1c1cc(Br)ccc1CNC(C)(C)C. The molecule has 1 aliphatic rings. The lowest BCUT2D eigenvalue weighted by Crippen LogP contribution is -2.36. The Hall–Kier alpha value is -0.540. The maximum Gasteiger partial charge on any atom is 0.0425 e. The van der Waals surface area contributed by atoms with Crippen LogP contribution in [0.15, 0.2) is 22.7 Å². The Labute approximate surface area is 132 Å². The third-order valence-electron chi connectivity index (χ3n) is 4.01. The van der Waals surface area contributed by atoms with Crippen molar-refractivity contribution in [3.63, 3.8) is 0 Å². The second kappa shape index (κ2) is 6.48. The molecule has 1 fully saturated rings. The van der Waals surface area contributed by atoms with E-state index in [1.54, 1.807) is 0 Å². The van der Waals surface area contributed by atoms with Gasteiger partial charge in [-0.3, -0.25) is 0 Å². The third kappa shape index (κ3) is 3.98. The molecule has 20 heavy (non-hydrogen) atoms. The molecule has 0 saturated carbocycles. The summed E-state index contributed by atoms with van der Waals surface area (Å²) in [5.41, 5.74) is 2.96. The van der Waals surface area contributed by atoms with Crippen molar-refractivity contribution in [2.24, 2.45) is 0 Å². The molecule has 0 radical (unpaired) electrons. The molecule has 1 unspecified atom stereocenters. The average Bonchev–Trinajstić information content (AvgIpc) is 2.84. The van der Waals surface area contributed by atoms with Crippen LogP contribution in [0.2, 0.25) is 0 Å².